The van der Waals surface area contributed by atoms with Crippen molar-refractivity contribution in [3.63, 3.8) is 0 Å². The molecule has 0 spiro atoms. The van der Waals surface area contributed by atoms with E-state index in [0.717, 1.165) is 20.0 Å². The Labute approximate surface area is 157 Å². The molecule has 0 aliphatic carbocycles. The number of nitrogens with zero attached hydrogens (tertiary/aromatic N) is 2. The molecular formula is C14H18N4O2S4. The molecule has 2 amide bonds. The number of thiophene rings is 1. The molecule has 24 heavy (non-hydrogen) atoms. The van der Waals surface area contributed by atoms with E-state index in [1.807, 2.05) is 24.4 Å². The minimum absolute atomic E-state index is 0.000733. The third-order valence-corrected chi connectivity index (χ3v) is 6.72. The highest BCUT2D eigenvalue weighted by atomic mass is 32.2. The fraction of sp³-hybridized carbons (Fsp3) is 0.429. The summed E-state index contributed by atoms with van der Waals surface area (Å²) in [7, 11) is 0. The molecule has 0 atom stereocenters. The maximum atomic E-state index is 11.8. The first-order chi connectivity index (χ1) is 11.7. The summed E-state index contributed by atoms with van der Waals surface area (Å²) in [4.78, 5) is 24.5. The molecule has 0 aromatic carbocycles. The van der Waals surface area contributed by atoms with Crippen molar-refractivity contribution in [2.45, 2.75) is 28.6 Å². The van der Waals surface area contributed by atoms with E-state index in [4.69, 9.17) is 0 Å². The fourth-order valence-electron chi connectivity index (χ4n) is 1.53. The Bertz CT molecular complexity index is 645. The lowest BCUT2D eigenvalue weighted by molar-refractivity contribution is -0.119. The van der Waals surface area contributed by atoms with Gasteiger partial charge < -0.3 is 10.6 Å². The maximum Gasteiger partial charge on any atom is 0.230 e. The molecule has 0 saturated heterocycles. The maximum absolute atomic E-state index is 11.8. The number of carbonyl (C=O) groups excluding carboxylic acids is 2. The topological polar surface area (TPSA) is 84.0 Å². The van der Waals surface area contributed by atoms with Crippen molar-refractivity contribution in [3.8, 4) is 0 Å². The number of thioether (sulfide) groups is 2. The zero-order valence-corrected chi connectivity index (χ0v) is 16.4. The second kappa shape index (κ2) is 10.7. The molecule has 2 N–H and O–H groups in total. The number of nitrogens with one attached hydrogen (secondary N) is 2. The van der Waals surface area contributed by atoms with Crippen molar-refractivity contribution in [2.24, 2.45) is 0 Å². The molecule has 130 valence electrons. The van der Waals surface area contributed by atoms with E-state index in [2.05, 4.69) is 20.8 Å². The summed E-state index contributed by atoms with van der Waals surface area (Å²) in [6.07, 6.45) is 0.921. The lowest BCUT2D eigenvalue weighted by atomic mass is 10.4. The van der Waals surface area contributed by atoms with Crippen LogP contribution in [0.1, 0.15) is 18.2 Å². The molecule has 0 aliphatic heterocycles. The predicted molar refractivity (Wildman–Crippen MR) is 101 cm³/mol. The predicted octanol–water partition coefficient (Wildman–Crippen LogP) is 2.63. The summed E-state index contributed by atoms with van der Waals surface area (Å²) < 4.78 is 1.47. The number of hydrogen-bond donors (Lipinski definition) is 2. The van der Waals surface area contributed by atoms with Gasteiger partial charge in [0.25, 0.3) is 0 Å². The van der Waals surface area contributed by atoms with Crippen LogP contribution in [0.15, 0.2) is 26.2 Å². The third kappa shape index (κ3) is 7.20. The van der Waals surface area contributed by atoms with Crippen LogP contribution in [0.5, 0.6) is 0 Å². The highest BCUT2D eigenvalue weighted by Crippen LogP contribution is 2.28. The molecule has 2 rings (SSSR count). The minimum Gasteiger partial charge on any atom is -0.355 e. The zero-order chi connectivity index (χ0) is 17.2. The number of amides is 2. The third-order valence-electron chi connectivity index (χ3n) is 2.65. The van der Waals surface area contributed by atoms with E-state index < -0.39 is 0 Å². The van der Waals surface area contributed by atoms with Gasteiger partial charge in [-0.3, -0.25) is 9.59 Å². The SMILES string of the molecule is CCCNC(=O)CSc1nnc(SCC(=O)NCc2cccs2)s1. The van der Waals surface area contributed by atoms with Gasteiger partial charge in [-0.25, -0.2) is 0 Å². The van der Waals surface area contributed by atoms with Crippen LogP contribution >= 0.6 is 46.2 Å². The Morgan fingerprint density at radius 1 is 1.12 bits per heavy atom. The summed E-state index contributed by atoms with van der Waals surface area (Å²) in [5.41, 5.74) is 0. The van der Waals surface area contributed by atoms with Crippen LogP contribution in [0.25, 0.3) is 0 Å². The van der Waals surface area contributed by atoms with Gasteiger partial charge in [0.1, 0.15) is 0 Å². The van der Waals surface area contributed by atoms with E-state index in [0.29, 0.717) is 24.6 Å². The average molecular weight is 403 g/mol. The minimum atomic E-state index is -0.0308. The number of hydrogen-bond acceptors (Lipinski definition) is 8. The van der Waals surface area contributed by atoms with E-state index >= 15 is 0 Å². The van der Waals surface area contributed by atoms with Crippen LogP contribution < -0.4 is 10.6 Å². The highest BCUT2D eigenvalue weighted by molar-refractivity contribution is 8.03. The van der Waals surface area contributed by atoms with Crippen molar-refractivity contribution in [1.82, 2.24) is 20.8 Å². The molecule has 0 saturated carbocycles. The normalized spacial score (nSPS) is 10.5. The molecule has 0 fully saturated rings. The second-order valence-electron chi connectivity index (χ2n) is 4.62. The molecule has 10 heteroatoms. The van der Waals surface area contributed by atoms with Gasteiger partial charge in [0, 0.05) is 11.4 Å². The molecular weight excluding hydrogens is 384 g/mol. The quantitative estimate of drug-likeness (QED) is 0.595. The lowest BCUT2D eigenvalue weighted by Crippen LogP contribution is -2.25. The van der Waals surface area contributed by atoms with Gasteiger partial charge in [-0.15, -0.1) is 21.5 Å². The van der Waals surface area contributed by atoms with Crippen LogP contribution in [0.4, 0.5) is 0 Å². The van der Waals surface area contributed by atoms with Crippen LogP contribution in [0.2, 0.25) is 0 Å². The van der Waals surface area contributed by atoms with Crippen molar-refractivity contribution in [1.29, 1.82) is 0 Å². The molecule has 0 aliphatic rings. The molecule has 2 aromatic heterocycles. The van der Waals surface area contributed by atoms with Crippen LogP contribution in [0.3, 0.4) is 0 Å². The molecule has 2 aromatic rings. The van der Waals surface area contributed by atoms with Gasteiger partial charge in [-0.2, -0.15) is 0 Å². The summed E-state index contributed by atoms with van der Waals surface area (Å²) in [6, 6.07) is 3.95. The van der Waals surface area contributed by atoms with Crippen molar-refractivity contribution < 1.29 is 9.59 Å². The molecule has 2 heterocycles. The number of carbonyl (C=O) groups is 2. The molecule has 0 radical (unpaired) electrons. The first kappa shape index (κ1) is 19.2. The molecule has 0 unspecified atom stereocenters. The Balaban J connectivity index is 1.65. The van der Waals surface area contributed by atoms with E-state index in [1.54, 1.807) is 11.3 Å². The van der Waals surface area contributed by atoms with Gasteiger partial charge in [-0.1, -0.05) is 47.9 Å². The Kier molecular flexibility index (Phi) is 8.57. The van der Waals surface area contributed by atoms with Gasteiger partial charge in [0.05, 0.1) is 18.1 Å². The van der Waals surface area contributed by atoms with Gasteiger partial charge >= 0.3 is 0 Å². The summed E-state index contributed by atoms with van der Waals surface area (Å²) >= 11 is 5.74. The Hall–Kier alpha value is -1.10. The summed E-state index contributed by atoms with van der Waals surface area (Å²) in [5, 5.41) is 15.7. The van der Waals surface area contributed by atoms with Gasteiger partial charge in [0.15, 0.2) is 8.68 Å². The number of rotatable bonds is 10. The van der Waals surface area contributed by atoms with Gasteiger partial charge in [-0.05, 0) is 17.9 Å². The van der Waals surface area contributed by atoms with Crippen molar-refractivity contribution >= 4 is 58.0 Å². The van der Waals surface area contributed by atoms with Crippen LogP contribution in [-0.2, 0) is 16.1 Å². The molecule has 6 nitrogen and oxygen atoms in total. The van der Waals surface area contributed by atoms with Crippen molar-refractivity contribution in [3.05, 3.63) is 22.4 Å². The van der Waals surface area contributed by atoms with Crippen LogP contribution in [-0.4, -0.2) is 40.1 Å². The largest absolute Gasteiger partial charge is 0.355 e. The summed E-state index contributed by atoms with van der Waals surface area (Å²) in [6.45, 7) is 3.26. The molecule has 0 bridgehead atoms. The standard InChI is InChI=1S/C14H18N4O2S4/c1-2-5-15-11(19)8-22-13-17-18-14(24-13)23-9-12(20)16-7-10-4-3-6-21-10/h3-4,6H,2,5,7-9H2,1H3,(H,15,19)(H,16,20). The highest BCUT2D eigenvalue weighted by Gasteiger charge is 2.10. The Morgan fingerprint density at radius 3 is 2.38 bits per heavy atom. The van der Waals surface area contributed by atoms with E-state index in [1.165, 1.54) is 34.9 Å². The van der Waals surface area contributed by atoms with Crippen molar-refractivity contribution in [2.75, 3.05) is 18.1 Å². The average Bonchev–Trinajstić information content (AvgIpc) is 3.26. The van der Waals surface area contributed by atoms with Crippen LogP contribution in [0, 0.1) is 0 Å². The second-order valence-corrected chi connectivity index (χ2v) is 9.07. The fourth-order valence-corrected chi connectivity index (χ4v) is 4.86. The summed E-state index contributed by atoms with van der Waals surface area (Å²) in [5.74, 6) is 0.610. The first-order valence-corrected chi connectivity index (χ1v) is 11.0. The first-order valence-electron chi connectivity index (χ1n) is 7.32. The van der Waals surface area contributed by atoms with Gasteiger partial charge in [0.2, 0.25) is 11.8 Å². The smallest absolute Gasteiger partial charge is 0.230 e. The van der Waals surface area contributed by atoms with E-state index in [-0.39, 0.29) is 11.8 Å². The lowest BCUT2D eigenvalue weighted by Gasteiger charge is -2.01. The zero-order valence-electron chi connectivity index (χ0n) is 13.1. The monoisotopic (exact) mass is 402 g/mol. The Morgan fingerprint density at radius 2 is 1.79 bits per heavy atom. The number of aromatic nitrogens is 2. The van der Waals surface area contributed by atoms with E-state index in [9.17, 15) is 9.59 Å².